The van der Waals surface area contributed by atoms with Crippen LogP contribution in [0, 0.1) is 45.3 Å². The van der Waals surface area contributed by atoms with Gasteiger partial charge >= 0.3 is 0 Å². The van der Waals surface area contributed by atoms with Crippen LogP contribution >= 0.6 is 0 Å². The van der Waals surface area contributed by atoms with Crippen molar-refractivity contribution in [3.63, 3.8) is 0 Å². The molecule has 4 saturated heterocycles. The van der Waals surface area contributed by atoms with Gasteiger partial charge in [-0.2, -0.15) is 0 Å². The summed E-state index contributed by atoms with van der Waals surface area (Å²) in [6.07, 6.45) is -27.2. The summed E-state index contributed by atoms with van der Waals surface area (Å²) in [5.74, 6) is 0.306. The minimum Gasteiger partial charge on any atom is -0.396 e. The molecular formula is C55H94O24. The molecule has 30 atom stereocenters. The lowest BCUT2D eigenvalue weighted by Gasteiger charge is -2.67. The Morgan fingerprint density at radius 2 is 1.09 bits per heavy atom. The van der Waals surface area contributed by atoms with Crippen LogP contribution in [0.2, 0.25) is 0 Å². The second-order valence-electron chi connectivity index (χ2n) is 26.2. The van der Waals surface area contributed by atoms with E-state index in [1.54, 1.807) is 0 Å². The first kappa shape index (κ1) is 63.8. The highest BCUT2D eigenvalue weighted by atomic mass is 16.8. The molecule has 0 aromatic rings. The first-order valence-electron chi connectivity index (χ1n) is 28.5. The largest absolute Gasteiger partial charge is 0.396 e. The zero-order chi connectivity index (χ0) is 58.2. The number of aliphatic hydroxyl groups is 16. The second-order valence-corrected chi connectivity index (χ2v) is 26.2. The van der Waals surface area contributed by atoms with Crippen molar-refractivity contribution in [1.82, 2.24) is 0 Å². The lowest BCUT2D eigenvalue weighted by Crippen LogP contribution is -2.67. The van der Waals surface area contributed by atoms with E-state index in [0.717, 1.165) is 19.3 Å². The smallest absolute Gasteiger partial charge is 0.187 e. The molecule has 0 bridgehead atoms. The van der Waals surface area contributed by atoms with Crippen LogP contribution in [0.4, 0.5) is 0 Å². The van der Waals surface area contributed by atoms with E-state index in [4.69, 9.17) is 37.9 Å². The summed E-state index contributed by atoms with van der Waals surface area (Å²) in [5, 5.41) is 173. The number of allylic oxidation sites excluding steroid dienone is 1. The molecule has 4 heterocycles. The molecule has 458 valence electrons. The number of fused-ring (bicyclic) bond motifs is 5. The number of ether oxygens (including phenoxy) is 8. The van der Waals surface area contributed by atoms with Crippen LogP contribution in [0.1, 0.15) is 113 Å². The fourth-order valence-corrected chi connectivity index (χ4v) is 15.9. The highest BCUT2D eigenvalue weighted by molar-refractivity contribution is 5.32. The molecule has 4 aliphatic carbocycles. The van der Waals surface area contributed by atoms with Gasteiger partial charge < -0.3 is 120 Å². The Bertz CT molecular complexity index is 2040. The molecule has 4 aliphatic heterocycles. The van der Waals surface area contributed by atoms with Crippen LogP contribution in [-0.4, -0.2) is 255 Å². The third-order valence-electron chi connectivity index (χ3n) is 21.0. The summed E-state index contributed by atoms with van der Waals surface area (Å²) in [6.45, 7) is 13.7. The van der Waals surface area contributed by atoms with E-state index in [0.29, 0.717) is 25.7 Å². The van der Waals surface area contributed by atoms with E-state index in [1.807, 2.05) is 0 Å². The van der Waals surface area contributed by atoms with Crippen molar-refractivity contribution in [2.45, 2.75) is 260 Å². The average molecular weight is 1140 g/mol. The Morgan fingerprint density at radius 1 is 0.582 bits per heavy atom. The van der Waals surface area contributed by atoms with Gasteiger partial charge in [0.1, 0.15) is 91.6 Å². The van der Waals surface area contributed by atoms with Crippen LogP contribution in [0.5, 0.6) is 0 Å². The minimum absolute atomic E-state index is 0.0235. The molecule has 0 radical (unpaired) electrons. The van der Waals surface area contributed by atoms with E-state index < -0.39 is 177 Å². The van der Waals surface area contributed by atoms with Crippen LogP contribution in [0.3, 0.4) is 0 Å². The Morgan fingerprint density at radius 3 is 1.67 bits per heavy atom. The van der Waals surface area contributed by atoms with Gasteiger partial charge in [-0.1, -0.05) is 53.2 Å². The quantitative estimate of drug-likeness (QED) is 0.0615. The van der Waals surface area contributed by atoms with Gasteiger partial charge in [-0.25, -0.2) is 0 Å². The van der Waals surface area contributed by atoms with Gasteiger partial charge in [0, 0.05) is 17.4 Å². The zero-order valence-corrected chi connectivity index (χ0v) is 46.8. The van der Waals surface area contributed by atoms with Gasteiger partial charge in [0.15, 0.2) is 25.2 Å². The van der Waals surface area contributed by atoms with E-state index in [9.17, 15) is 81.7 Å². The summed E-state index contributed by atoms with van der Waals surface area (Å²) >= 11 is 0. The van der Waals surface area contributed by atoms with Crippen molar-refractivity contribution < 1.29 is 120 Å². The van der Waals surface area contributed by atoms with Gasteiger partial charge in [0.05, 0.1) is 49.8 Å². The fourth-order valence-electron chi connectivity index (χ4n) is 15.9. The maximum atomic E-state index is 12.7. The van der Waals surface area contributed by atoms with Gasteiger partial charge in [0.25, 0.3) is 0 Å². The van der Waals surface area contributed by atoms with Crippen LogP contribution in [-0.2, 0) is 37.9 Å². The molecule has 24 heteroatoms. The Labute approximate surface area is 461 Å². The van der Waals surface area contributed by atoms with Crippen molar-refractivity contribution in [3.8, 4) is 0 Å². The van der Waals surface area contributed by atoms with E-state index in [2.05, 4.69) is 47.6 Å². The third-order valence-corrected chi connectivity index (χ3v) is 21.0. The van der Waals surface area contributed by atoms with Crippen LogP contribution in [0.15, 0.2) is 11.6 Å². The molecule has 79 heavy (non-hydrogen) atoms. The van der Waals surface area contributed by atoms with Gasteiger partial charge in [-0.15, -0.1) is 0 Å². The number of aliphatic hydroxyl groups excluding tert-OH is 15. The van der Waals surface area contributed by atoms with E-state index in [1.165, 1.54) is 19.4 Å². The van der Waals surface area contributed by atoms with Crippen molar-refractivity contribution in [2.75, 3.05) is 26.4 Å². The molecule has 0 amide bonds. The predicted molar refractivity (Wildman–Crippen MR) is 272 cm³/mol. The van der Waals surface area contributed by atoms with E-state index >= 15 is 0 Å². The van der Waals surface area contributed by atoms with Crippen molar-refractivity contribution >= 4 is 0 Å². The molecule has 16 N–H and O–H groups in total. The molecular weight excluding hydrogens is 1040 g/mol. The van der Waals surface area contributed by atoms with Crippen LogP contribution in [0.25, 0.3) is 0 Å². The standard InChI is InChI=1S/C55H94O24/c1-23(24-15-17-53(6)31-12-10-25-26(55(31,8)32(60)19-54(24,53)7)11-14-33(51(25,2)3)76-47-42(68)38(64)35(61)27(72-47)16-18-56)9-13-34(52(4,5)71)77-50-46(40(66)37(63)29(21-58)74-50)79-49-44(70)41(67)45(30(22-59)75-49)78-48-43(69)39(65)36(62)28(20-57)73-48/h10,23-24,26-50,56-71H,9,11-22H2,1-8H3/t23-,24?,26?,27-,28-,29-,30-,31?,32-,33+,34-,35-,36-,37-,38+,39+,40+,41-,42-,43-,44-,45-,46-,47+,48+,49+,50+,53+,54-,55+/m1/s1. The van der Waals surface area contributed by atoms with Crippen molar-refractivity contribution in [1.29, 1.82) is 0 Å². The summed E-state index contributed by atoms with van der Waals surface area (Å²) in [4.78, 5) is 0. The number of hydrogen-bond acceptors (Lipinski definition) is 24. The molecule has 3 saturated carbocycles. The second kappa shape index (κ2) is 24.3. The average Bonchev–Trinajstić information content (AvgIpc) is 2.82. The summed E-state index contributed by atoms with van der Waals surface area (Å²) < 4.78 is 47.9. The van der Waals surface area contributed by atoms with Crippen molar-refractivity contribution in [3.05, 3.63) is 11.6 Å². The molecule has 0 spiro atoms. The first-order chi connectivity index (χ1) is 37.0. The SMILES string of the molecule is C[C@H](CC[C@@H](O[C@@H]1O[C@H](CO)[C@@H](O)[C@H](O)[C@H]1O[C@@H]1O[C@H](CO)[C@@H](O[C@@H]2O[C@H](CO)[C@@H](O)[C@H](O)[C@H]2O)[C@H](O)[C@H]1O)C(C)(C)O)C1CC[C@@]2(C)C3CC=C4C(CC[C@H](O[C@@H]5O[C@H](CCO)[C@@H](O)[C@H](O)[C@H]5O)C4(C)C)[C@]3(C)[C@H](O)C[C@]12C. The Balaban J connectivity index is 0.949. The topological polar surface area (TPSA) is 398 Å². The van der Waals surface area contributed by atoms with Crippen LogP contribution < -0.4 is 0 Å². The van der Waals surface area contributed by atoms with Gasteiger partial charge in [-0.05, 0) is 106 Å². The predicted octanol–water partition coefficient (Wildman–Crippen LogP) is -2.84. The molecule has 0 aromatic carbocycles. The molecule has 7 fully saturated rings. The molecule has 0 aromatic heterocycles. The minimum atomic E-state index is -2.02. The first-order valence-corrected chi connectivity index (χ1v) is 28.5. The third kappa shape index (κ3) is 11.3. The molecule has 8 aliphatic rings. The molecule has 3 unspecified atom stereocenters. The fraction of sp³-hybridized carbons (Fsp3) is 0.964. The highest BCUT2D eigenvalue weighted by Gasteiger charge is 2.70. The Hall–Kier alpha value is -1.22. The van der Waals surface area contributed by atoms with Crippen molar-refractivity contribution in [2.24, 2.45) is 45.3 Å². The highest BCUT2D eigenvalue weighted by Crippen LogP contribution is 2.75. The van der Waals surface area contributed by atoms with E-state index in [-0.39, 0.29) is 54.0 Å². The number of rotatable bonds is 18. The number of hydrogen-bond donors (Lipinski definition) is 16. The normalized spacial score (nSPS) is 50.9. The summed E-state index contributed by atoms with van der Waals surface area (Å²) in [7, 11) is 0. The Kier molecular flexibility index (Phi) is 19.6. The molecule has 8 rings (SSSR count). The van der Waals surface area contributed by atoms with Gasteiger partial charge in [-0.3, -0.25) is 0 Å². The van der Waals surface area contributed by atoms with Gasteiger partial charge in [0.2, 0.25) is 0 Å². The summed E-state index contributed by atoms with van der Waals surface area (Å²) in [5.41, 5.74) is -1.94. The lowest BCUT2D eigenvalue weighted by atomic mass is 9.38. The molecule has 24 nitrogen and oxygen atoms in total. The monoisotopic (exact) mass is 1140 g/mol. The zero-order valence-electron chi connectivity index (χ0n) is 46.8. The maximum Gasteiger partial charge on any atom is 0.187 e. The maximum absolute atomic E-state index is 12.7. The lowest BCUT2D eigenvalue weighted by molar-refractivity contribution is -0.389. The summed E-state index contributed by atoms with van der Waals surface area (Å²) in [6, 6.07) is 0.